The highest BCUT2D eigenvalue weighted by Gasteiger charge is 2.15. The Morgan fingerprint density at radius 1 is 1.35 bits per heavy atom. The van der Waals surface area contributed by atoms with Gasteiger partial charge in [0.2, 0.25) is 0 Å². The maximum atomic E-state index is 5.04. The Kier molecular flexibility index (Phi) is 5.58. The predicted molar refractivity (Wildman–Crippen MR) is 80.8 cm³/mol. The van der Waals surface area contributed by atoms with Crippen molar-refractivity contribution in [3.8, 4) is 10.7 Å². The van der Waals surface area contributed by atoms with Gasteiger partial charge >= 0.3 is 0 Å². The first-order chi connectivity index (χ1) is 9.72. The number of hydrogen-bond acceptors (Lipinski definition) is 6. The monoisotopic (exact) mass is 292 g/mol. The van der Waals surface area contributed by atoms with E-state index < -0.39 is 0 Å². The van der Waals surface area contributed by atoms with Gasteiger partial charge in [0.15, 0.2) is 0 Å². The van der Waals surface area contributed by atoms with Crippen molar-refractivity contribution in [3.63, 3.8) is 0 Å². The molecule has 2 heterocycles. The maximum Gasteiger partial charge on any atom is 0.144 e. The molecule has 0 aliphatic heterocycles. The lowest BCUT2D eigenvalue weighted by molar-refractivity contribution is 0.199. The summed E-state index contributed by atoms with van der Waals surface area (Å²) < 4.78 is 5.04. The van der Waals surface area contributed by atoms with Crippen molar-refractivity contribution in [2.45, 2.75) is 26.3 Å². The van der Waals surface area contributed by atoms with Crippen LogP contribution in [0.5, 0.6) is 0 Å². The van der Waals surface area contributed by atoms with Crippen LogP contribution in [0.15, 0.2) is 18.6 Å². The van der Waals surface area contributed by atoms with Crippen LogP contribution in [0.2, 0.25) is 0 Å². The first-order valence-electron chi connectivity index (χ1n) is 6.68. The van der Waals surface area contributed by atoms with Crippen molar-refractivity contribution in [1.82, 2.24) is 20.3 Å². The summed E-state index contributed by atoms with van der Waals surface area (Å²) in [5.41, 5.74) is 1.98. The topological polar surface area (TPSA) is 59.9 Å². The minimum absolute atomic E-state index is 0.399. The third kappa shape index (κ3) is 3.82. The zero-order valence-electron chi connectivity index (χ0n) is 12.1. The fraction of sp³-hybridized carbons (Fsp3) is 0.500. The van der Waals surface area contributed by atoms with E-state index in [1.165, 1.54) is 4.88 Å². The van der Waals surface area contributed by atoms with Gasteiger partial charge in [-0.25, -0.2) is 4.98 Å². The van der Waals surface area contributed by atoms with E-state index in [-0.39, 0.29) is 0 Å². The number of nitrogens with one attached hydrogen (secondary N) is 1. The Morgan fingerprint density at radius 2 is 2.20 bits per heavy atom. The molecular formula is C14H20N4OS. The minimum atomic E-state index is 0.399. The molecule has 0 fully saturated rings. The molecule has 0 saturated heterocycles. The molecule has 0 unspecified atom stereocenters. The molecule has 1 N–H and O–H groups in total. The minimum Gasteiger partial charge on any atom is -0.383 e. The molecule has 5 nitrogen and oxygen atoms in total. The standard InChI is InChI=1S/C14H20N4OS/c1-10(2)13-12(9-16-6-7-19-3)20-14(18-13)11-8-15-4-5-17-11/h4-5,8,10,16H,6-7,9H2,1-3H3. The highest BCUT2D eigenvalue weighted by atomic mass is 32.1. The number of ether oxygens (including phenoxy) is 1. The molecule has 0 aliphatic rings. The van der Waals surface area contributed by atoms with E-state index in [1.54, 1.807) is 37.0 Å². The van der Waals surface area contributed by atoms with Crippen molar-refractivity contribution in [1.29, 1.82) is 0 Å². The summed E-state index contributed by atoms with van der Waals surface area (Å²) in [7, 11) is 1.71. The second kappa shape index (κ2) is 7.42. The highest BCUT2D eigenvalue weighted by Crippen LogP contribution is 2.30. The van der Waals surface area contributed by atoms with Crippen LogP contribution in [0.1, 0.15) is 30.3 Å². The fourth-order valence-corrected chi connectivity index (χ4v) is 2.98. The molecule has 108 valence electrons. The molecule has 2 rings (SSSR count). The van der Waals surface area contributed by atoms with Gasteiger partial charge in [0.25, 0.3) is 0 Å². The Balaban J connectivity index is 2.16. The van der Waals surface area contributed by atoms with Gasteiger partial charge in [-0.3, -0.25) is 9.97 Å². The van der Waals surface area contributed by atoms with Crippen LogP contribution < -0.4 is 5.32 Å². The third-order valence-electron chi connectivity index (χ3n) is 2.83. The van der Waals surface area contributed by atoms with Crippen LogP contribution in [-0.4, -0.2) is 35.2 Å². The highest BCUT2D eigenvalue weighted by molar-refractivity contribution is 7.15. The van der Waals surface area contributed by atoms with Crippen LogP contribution in [0.4, 0.5) is 0 Å². The van der Waals surface area contributed by atoms with E-state index >= 15 is 0 Å². The van der Waals surface area contributed by atoms with E-state index in [2.05, 4.69) is 29.1 Å². The molecule has 0 aliphatic carbocycles. The first kappa shape index (κ1) is 15.0. The molecule has 20 heavy (non-hydrogen) atoms. The van der Waals surface area contributed by atoms with Crippen LogP contribution in [-0.2, 0) is 11.3 Å². The van der Waals surface area contributed by atoms with E-state index in [0.29, 0.717) is 12.5 Å². The smallest absolute Gasteiger partial charge is 0.144 e. The van der Waals surface area contributed by atoms with Gasteiger partial charge in [0.1, 0.15) is 10.7 Å². The van der Waals surface area contributed by atoms with Gasteiger partial charge in [0, 0.05) is 37.5 Å². The Labute approximate surface area is 123 Å². The zero-order valence-corrected chi connectivity index (χ0v) is 12.9. The van der Waals surface area contributed by atoms with E-state index in [1.807, 2.05) is 0 Å². The van der Waals surface area contributed by atoms with Gasteiger partial charge < -0.3 is 10.1 Å². The molecule has 0 aromatic carbocycles. The number of aromatic nitrogens is 3. The molecule has 0 amide bonds. The van der Waals surface area contributed by atoms with Crippen LogP contribution >= 0.6 is 11.3 Å². The number of rotatable bonds is 7. The molecule has 2 aromatic rings. The summed E-state index contributed by atoms with van der Waals surface area (Å²) in [6.07, 6.45) is 5.13. The van der Waals surface area contributed by atoms with Crippen molar-refractivity contribution in [2.75, 3.05) is 20.3 Å². The maximum absolute atomic E-state index is 5.04. The SMILES string of the molecule is COCCNCc1sc(-c2cnccn2)nc1C(C)C. The Bertz CT molecular complexity index is 527. The van der Waals surface area contributed by atoms with Gasteiger partial charge in [-0.05, 0) is 5.92 Å². The lowest BCUT2D eigenvalue weighted by atomic mass is 10.1. The van der Waals surface area contributed by atoms with Crippen molar-refractivity contribution >= 4 is 11.3 Å². The quantitative estimate of drug-likeness (QED) is 0.794. The molecule has 0 atom stereocenters. The molecule has 6 heteroatoms. The average molecular weight is 292 g/mol. The molecule has 0 spiro atoms. The Hall–Kier alpha value is -1.37. The summed E-state index contributed by atoms with van der Waals surface area (Å²) in [5, 5.41) is 4.31. The molecule has 0 radical (unpaired) electrons. The van der Waals surface area contributed by atoms with Gasteiger partial charge in [-0.15, -0.1) is 11.3 Å². The molecular weight excluding hydrogens is 272 g/mol. The van der Waals surface area contributed by atoms with Crippen LogP contribution in [0, 0.1) is 0 Å². The summed E-state index contributed by atoms with van der Waals surface area (Å²) >= 11 is 1.68. The van der Waals surface area contributed by atoms with Crippen molar-refractivity contribution < 1.29 is 4.74 Å². The number of nitrogens with zero attached hydrogens (tertiary/aromatic N) is 3. The lowest BCUT2D eigenvalue weighted by Crippen LogP contribution is -2.18. The first-order valence-corrected chi connectivity index (χ1v) is 7.49. The average Bonchev–Trinajstić information content (AvgIpc) is 2.89. The van der Waals surface area contributed by atoms with Crippen LogP contribution in [0.3, 0.4) is 0 Å². The second-order valence-corrected chi connectivity index (χ2v) is 5.83. The Morgan fingerprint density at radius 3 is 2.85 bits per heavy atom. The number of thiazole rings is 1. The summed E-state index contributed by atoms with van der Waals surface area (Å²) in [6.45, 7) is 6.69. The summed E-state index contributed by atoms with van der Waals surface area (Å²) in [6, 6.07) is 0. The number of hydrogen-bond donors (Lipinski definition) is 1. The van der Waals surface area contributed by atoms with E-state index in [0.717, 1.165) is 29.5 Å². The van der Waals surface area contributed by atoms with Crippen molar-refractivity contribution in [3.05, 3.63) is 29.2 Å². The second-order valence-electron chi connectivity index (χ2n) is 4.74. The van der Waals surface area contributed by atoms with E-state index in [9.17, 15) is 0 Å². The summed E-state index contributed by atoms with van der Waals surface area (Å²) in [4.78, 5) is 14.4. The van der Waals surface area contributed by atoms with Crippen molar-refractivity contribution in [2.24, 2.45) is 0 Å². The molecule has 0 saturated carbocycles. The predicted octanol–water partition coefficient (Wildman–Crippen LogP) is 2.46. The largest absolute Gasteiger partial charge is 0.383 e. The fourth-order valence-electron chi connectivity index (χ4n) is 1.84. The normalized spacial score (nSPS) is 11.2. The van der Waals surface area contributed by atoms with Gasteiger partial charge in [0.05, 0.1) is 18.5 Å². The van der Waals surface area contributed by atoms with Crippen LogP contribution in [0.25, 0.3) is 10.7 Å². The van der Waals surface area contributed by atoms with Gasteiger partial charge in [-0.2, -0.15) is 0 Å². The molecule has 2 aromatic heterocycles. The van der Waals surface area contributed by atoms with E-state index in [4.69, 9.17) is 9.72 Å². The third-order valence-corrected chi connectivity index (χ3v) is 3.92. The zero-order chi connectivity index (χ0) is 14.4. The molecule has 0 bridgehead atoms. The number of methoxy groups -OCH3 is 1. The van der Waals surface area contributed by atoms with Gasteiger partial charge in [-0.1, -0.05) is 13.8 Å². The summed E-state index contributed by atoms with van der Waals surface area (Å²) in [5.74, 6) is 0.399. The lowest BCUT2D eigenvalue weighted by Gasteiger charge is -2.06.